The zero-order valence-corrected chi connectivity index (χ0v) is 5.14. The fraction of sp³-hybridized carbons (Fsp3) is 1.00. The highest BCUT2D eigenvalue weighted by Gasteiger charge is 2.36. The maximum absolute atomic E-state index is 10.9. The number of hydrogen-bond donors (Lipinski definition) is 0. The van der Waals surface area contributed by atoms with Gasteiger partial charge in [0.05, 0.1) is 6.61 Å². The molecule has 1 unspecified atom stereocenters. The lowest BCUT2D eigenvalue weighted by molar-refractivity contribution is -0.316. The van der Waals surface area contributed by atoms with E-state index in [1.807, 2.05) is 6.92 Å². The molecule has 47 valence electrons. The van der Waals surface area contributed by atoms with E-state index in [4.69, 9.17) is 4.74 Å². The van der Waals surface area contributed by atoms with Crippen LogP contribution in [-0.4, -0.2) is 12.4 Å². The molecule has 1 fully saturated rings. The van der Waals surface area contributed by atoms with Crippen LogP contribution in [0.4, 0.5) is 0 Å². The van der Waals surface area contributed by atoms with Crippen LogP contribution in [0.3, 0.4) is 0 Å². The summed E-state index contributed by atoms with van der Waals surface area (Å²) in [6.45, 7) is 2.67. The van der Waals surface area contributed by atoms with Gasteiger partial charge in [-0.2, -0.15) is 5.11 Å². The summed E-state index contributed by atoms with van der Waals surface area (Å²) in [4.78, 5) is 0. The van der Waals surface area contributed by atoms with Crippen LogP contribution in [0.5, 0.6) is 0 Å². The van der Waals surface area contributed by atoms with Crippen LogP contribution in [-0.2, 0) is 9.84 Å². The van der Waals surface area contributed by atoms with E-state index in [0.717, 1.165) is 6.42 Å². The van der Waals surface area contributed by atoms with Gasteiger partial charge in [0.2, 0.25) is 5.79 Å². The summed E-state index contributed by atoms with van der Waals surface area (Å²) in [6, 6.07) is 0. The van der Waals surface area contributed by atoms with E-state index in [1.54, 1.807) is 0 Å². The minimum atomic E-state index is -0.977. The molecule has 1 atom stereocenters. The molecule has 1 aliphatic heterocycles. The Morgan fingerprint density at radius 2 is 2.38 bits per heavy atom. The topological polar surface area (TPSA) is 29.1 Å². The Labute approximate surface area is 49.5 Å². The van der Waals surface area contributed by atoms with Gasteiger partial charge in [-0.05, 0) is 0 Å². The summed E-state index contributed by atoms with van der Waals surface area (Å²) >= 11 is 0. The molecule has 0 amide bonds. The first kappa shape index (κ1) is 6.05. The average Bonchev–Trinajstić information content (AvgIpc) is 1.64. The first-order chi connectivity index (χ1) is 3.77. The highest BCUT2D eigenvalue weighted by molar-refractivity contribution is 4.73. The van der Waals surface area contributed by atoms with Gasteiger partial charge in [-0.15, -0.1) is 0 Å². The second-order valence-corrected chi connectivity index (χ2v) is 2.26. The Balaban J connectivity index is 2.20. The maximum atomic E-state index is 10.9. The molecule has 2 nitrogen and oxygen atoms in total. The average molecular weight is 115 g/mol. The lowest BCUT2D eigenvalue weighted by atomic mass is 10.0. The van der Waals surface area contributed by atoms with Crippen molar-refractivity contribution < 1.29 is 9.84 Å². The van der Waals surface area contributed by atoms with E-state index >= 15 is 0 Å². The van der Waals surface area contributed by atoms with Gasteiger partial charge >= 0.3 is 0 Å². The summed E-state index contributed by atoms with van der Waals surface area (Å²) in [5.74, 6) is -0.977. The minimum Gasteiger partial charge on any atom is -0.347 e. The molecule has 0 aliphatic carbocycles. The van der Waals surface area contributed by atoms with Crippen LogP contribution < -0.4 is 0 Å². The van der Waals surface area contributed by atoms with Gasteiger partial charge in [0, 0.05) is 12.8 Å². The van der Waals surface area contributed by atoms with Gasteiger partial charge in [-0.25, -0.2) is 0 Å². The van der Waals surface area contributed by atoms with Gasteiger partial charge in [0.1, 0.15) is 0 Å². The molecule has 0 aromatic rings. The zero-order valence-electron chi connectivity index (χ0n) is 5.14. The van der Waals surface area contributed by atoms with Crippen molar-refractivity contribution in [2.75, 3.05) is 6.61 Å². The Kier molecular flexibility index (Phi) is 1.54. The highest BCUT2D eigenvalue weighted by atomic mass is 16.6. The lowest BCUT2D eigenvalue weighted by Gasteiger charge is -2.33. The molecular formula is C6H11O2. The Morgan fingerprint density at radius 1 is 1.75 bits per heavy atom. The van der Waals surface area contributed by atoms with Crippen molar-refractivity contribution >= 4 is 0 Å². The summed E-state index contributed by atoms with van der Waals surface area (Å²) in [5, 5.41) is 10.9. The van der Waals surface area contributed by atoms with Crippen LogP contribution in [0.1, 0.15) is 26.2 Å². The van der Waals surface area contributed by atoms with Crippen LogP contribution in [0.15, 0.2) is 0 Å². The lowest BCUT2D eigenvalue weighted by Crippen LogP contribution is -2.41. The molecule has 1 aliphatic rings. The van der Waals surface area contributed by atoms with Crippen LogP contribution in [0, 0.1) is 0 Å². The molecule has 8 heavy (non-hydrogen) atoms. The molecule has 1 radical (unpaired) electrons. The van der Waals surface area contributed by atoms with Gasteiger partial charge in [0.15, 0.2) is 0 Å². The molecule has 0 spiro atoms. The van der Waals surface area contributed by atoms with Gasteiger partial charge in [-0.1, -0.05) is 13.3 Å². The van der Waals surface area contributed by atoms with E-state index in [9.17, 15) is 5.11 Å². The van der Waals surface area contributed by atoms with Gasteiger partial charge < -0.3 is 4.74 Å². The SMILES string of the molecule is CCCC1([O])CCO1. The third kappa shape index (κ3) is 1.01. The predicted molar refractivity (Wildman–Crippen MR) is 28.9 cm³/mol. The van der Waals surface area contributed by atoms with Crippen LogP contribution in [0.2, 0.25) is 0 Å². The summed E-state index contributed by atoms with van der Waals surface area (Å²) in [7, 11) is 0. The number of hydrogen-bond acceptors (Lipinski definition) is 1. The third-order valence-corrected chi connectivity index (χ3v) is 1.48. The molecule has 0 saturated carbocycles. The smallest absolute Gasteiger partial charge is 0.203 e. The second kappa shape index (κ2) is 2.03. The molecule has 1 heterocycles. The molecule has 1 rings (SSSR count). The molecule has 0 aromatic carbocycles. The van der Waals surface area contributed by atoms with Crippen molar-refractivity contribution in [1.82, 2.24) is 0 Å². The van der Waals surface area contributed by atoms with E-state index in [2.05, 4.69) is 0 Å². The largest absolute Gasteiger partial charge is 0.347 e. The van der Waals surface area contributed by atoms with E-state index in [-0.39, 0.29) is 0 Å². The molecule has 0 aromatic heterocycles. The van der Waals surface area contributed by atoms with Crippen molar-refractivity contribution in [3.05, 3.63) is 0 Å². The Morgan fingerprint density at radius 3 is 2.50 bits per heavy atom. The minimum absolute atomic E-state index is 0.670. The first-order valence-corrected chi connectivity index (χ1v) is 3.11. The summed E-state index contributed by atoms with van der Waals surface area (Å²) in [5.41, 5.74) is 0. The Hall–Kier alpha value is -0.0800. The van der Waals surface area contributed by atoms with Crippen molar-refractivity contribution in [1.29, 1.82) is 0 Å². The maximum Gasteiger partial charge on any atom is 0.203 e. The fourth-order valence-electron chi connectivity index (χ4n) is 0.908. The van der Waals surface area contributed by atoms with Crippen molar-refractivity contribution in [3.8, 4) is 0 Å². The van der Waals surface area contributed by atoms with Gasteiger partial charge in [-0.3, -0.25) is 0 Å². The fourth-order valence-corrected chi connectivity index (χ4v) is 0.908. The molecule has 1 saturated heterocycles. The van der Waals surface area contributed by atoms with E-state index in [0.29, 0.717) is 19.4 Å². The number of ether oxygens (including phenoxy) is 1. The van der Waals surface area contributed by atoms with Crippen LogP contribution >= 0.6 is 0 Å². The van der Waals surface area contributed by atoms with Crippen molar-refractivity contribution in [2.45, 2.75) is 32.0 Å². The quantitative estimate of drug-likeness (QED) is 0.533. The molecule has 0 bridgehead atoms. The second-order valence-electron chi connectivity index (χ2n) is 2.26. The standard InChI is InChI=1S/C6H11O2/c1-2-3-6(7)4-5-8-6/h2-5H2,1H3. The van der Waals surface area contributed by atoms with Gasteiger partial charge in [0.25, 0.3) is 0 Å². The number of rotatable bonds is 2. The monoisotopic (exact) mass is 115 g/mol. The molecule has 0 N–H and O–H groups in total. The van der Waals surface area contributed by atoms with E-state index < -0.39 is 5.79 Å². The third-order valence-electron chi connectivity index (χ3n) is 1.48. The summed E-state index contributed by atoms with van der Waals surface area (Å²) < 4.78 is 4.80. The normalized spacial score (nSPS) is 36.8. The predicted octanol–water partition coefficient (Wildman–Crippen LogP) is 1.33. The van der Waals surface area contributed by atoms with E-state index in [1.165, 1.54) is 0 Å². The van der Waals surface area contributed by atoms with Crippen LogP contribution in [0.25, 0.3) is 0 Å². The highest BCUT2D eigenvalue weighted by Crippen LogP contribution is 2.28. The Bertz CT molecular complexity index is 76.6. The first-order valence-electron chi connectivity index (χ1n) is 3.11. The molecular weight excluding hydrogens is 104 g/mol. The van der Waals surface area contributed by atoms with Crippen molar-refractivity contribution in [2.24, 2.45) is 0 Å². The zero-order chi connectivity index (χ0) is 6.04. The van der Waals surface area contributed by atoms with Crippen molar-refractivity contribution in [3.63, 3.8) is 0 Å². The molecule has 2 heteroatoms. The summed E-state index contributed by atoms with van der Waals surface area (Å²) in [6.07, 6.45) is 2.32.